The van der Waals surface area contributed by atoms with Gasteiger partial charge in [0.2, 0.25) is 0 Å². The fraction of sp³-hybridized carbons (Fsp3) is 0.0606. The van der Waals surface area contributed by atoms with Crippen molar-refractivity contribution in [3.05, 3.63) is 162 Å². The molecule has 0 N–H and O–H groups in total. The zero-order valence-corrected chi connectivity index (χ0v) is 23.7. The quantitative estimate of drug-likeness (QED) is 0.111. The van der Waals surface area contributed by atoms with E-state index < -0.39 is 7.92 Å². The van der Waals surface area contributed by atoms with Crippen molar-refractivity contribution in [2.45, 2.75) is 13.8 Å². The Morgan fingerprint density at radius 3 is 1.56 bits per heavy atom. The van der Waals surface area contributed by atoms with E-state index in [9.17, 15) is 0 Å². The van der Waals surface area contributed by atoms with Crippen LogP contribution in [-0.4, -0.2) is 0 Å². The first-order valence-electron chi connectivity index (χ1n) is 11.7. The summed E-state index contributed by atoms with van der Waals surface area (Å²) in [6.07, 6.45) is 3.36. The van der Waals surface area contributed by atoms with Crippen LogP contribution >= 0.6 is 17.5 Å². The maximum absolute atomic E-state index is 4.49. The maximum Gasteiger partial charge on any atom is 0.102 e. The van der Waals surface area contributed by atoms with E-state index in [1.165, 1.54) is 21.5 Å². The summed E-state index contributed by atoms with van der Waals surface area (Å²) in [4.78, 5) is 0. The van der Waals surface area contributed by atoms with E-state index in [0.717, 1.165) is 16.7 Å². The van der Waals surface area contributed by atoms with E-state index in [4.69, 9.17) is 0 Å². The van der Waals surface area contributed by atoms with Gasteiger partial charge >= 0.3 is 27.7 Å². The van der Waals surface area contributed by atoms with E-state index in [1.54, 1.807) is 0 Å². The smallest absolute Gasteiger partial charge is 0.0620 e. The van der Waals surface area contributed by atoms with Crippen LogP contribution in [0.2, 0.25) is 0 Å². The van der Waals surface area contributed by atoms with Crippen LogP contribution in [0.5, 0.6) is 0 Å². The number of hydrogen-bond donors (Lipinski definition) is 0. The Labute approximate surface area is 232 Å². The summed E-state index contributed by atoms with van der Waals surface area (Å²) in [5.74, 6) is 0. The first kappa shape index (κ1) is 27.9. The van der Waals surface area contributed by atoms with Gasteiger partial charge in [-0.15, -0.1) is 31.2 Å². The number of allylic oxidation sites excluding steroid dienone is 1. The molecule has 5 aromatic carbocycles. The summed E-state index contributed by atoms with van der Waals surface area (Å²) in [5, 5.41) is 4.31. The van der Waals surface area contributed by atoms with Crippen LogP contribution in [0.25, 0.3) is 5.57 Å². The predicted molar refractivity (Wildman–Crippen MR) is 156 cm³/mol. The second kappa shape index (κ2) is 15.5. The summed E-state index contributed by atoms with van der Waals surface area (Å²) in [7, 11) is 3.61. The molecule has 0 bridgehead atoms. The summed E-state index contributed by atoms with van der Waals surface area (Å²) < 4.78 is 0. The fourth-order valence-electron chi connectivity index (χ4n) is 3.80. The van der Waals surface area contributed by atoms with Crippen LogP contribution in [0.1, 0.15) is 23.6 Å². The van der Waals surface area contributed by atoms with Crippen LogP contribution < -0.4 is 15.9 Å². The summed E-state index contributed by atoms with van der Waals surface area (Å²) in [6.45, 7) is 4.15. The van der Waals surface area contributed by atoms with E-state index in [1.807, 2.05) is 12.1 Å². The van der Waals surface area contributed by atoms with Crippen molar-refractivity contribution >= 4 is 38.9 Å². The summed E-state index contributed by atoms with van der Waals surface area (Å²) in [6, 6.07) is 50.0. The molecule has 5 rings (SSSR count). The van der Waals surface area contributed by atoms with Crippen molar-refractivity contribution < 1.29 is 18.2 Å². The Morgan fingerprint density at radius 2 is 1.17 bits per heavy atom. The normalized spacial score (nSPS) is 10.7. The Hall–Kier alpha value is -2.65. The Balaban J connectivity index is 0.000000193. The fourth-order valence-corrected chi connectivity index (χ4v) is 6.38. The average molecular weight is 598 g/mol. The minimum atomic E-state index is -0.877. The third-order valence-electron chi connectivity index (χ3n) is 5.57. The van der Waals surface area contributed by atoms with Gasteiger partial charge in [-0.25, -0.2) is 6.08 Å². The molecule has 5 aromatic rings. The standard InChI is InChI=1S/C18H15P.C15H13.ClH.Pd/c1-4-10-16(11-5-1)19(17-12-6-2-7-13-17)18-14-8-3-9-15-18;1-12-7-9-14(10-8-12)11-13(2)15-5-3-4-6-15;;/h1-15H;3-5,7-10H,1-2H3;1H;/q;-3;;+2. The molecule has 0 saturated heterocycles. The molecule has 0 atom stereocenters. The molecule has 36 heavy (non-hydrogen) atoms. The van der Waals surface area contributed by atoms with E-state index in [-0.39, 0.29) is 0 Å². The van der Waals surface area contributed by atoms with Gasteiger partial charge in [-0.3, -0.25) is 11.6 Å². The van der Waals surface area contributed by atoms with Crippen LogP contribution in [0, 0.1) is 19.1 Å². The van der Waals surface area contributed by atoms with Crippen LogP contribution in [0.3, 0.4) is 0 Å². The minimum Gasteiger partial charge on any atom is -0.0620 e. The average Bonchev–Trinajstić information content (AvgIpc) is 3.49. The summed E-state index contributed by atoms with van der Waals surface area (Å²) >= 11 is 2.22. The molecular formula is C33H29ClPPd-. The molecular weight excluding hydrogens is 569 g/mol. The molecule has 0 amide bonds. The van der Waals surface area contributed by atoms with Crippen molar-refractivity contribution in [3.63, 3.8) is 0 Å². The van der Waals surface area contributed by atoms with Crippen molar-refractivity contribution in [3.8, 4) is 0 Å². The monoisotopic (exact) mass is 597 g/mol. The van der Waals surface area contributed by atoms with Gasteiger partial charge < -0.3 is 23.8 Å². The zero-order chi connectivity index (χ0) is 25.6. The largest absolute Gasteiger partial charge is 0.102 e. The van der Waals surface area contributed by atoms with Gasteiger partial charge in [0.15, 0.2) is 0 Å². The van der Waals surface area contributed by atoms with Crippen LogP contribution in [0.15, 0.2) is 133 Å². The zero-order valence-electron chi connectivity index (χ0n) is 20.4. The first-order chi connectivity index (χ1) is 17.7. The number of hydrogen-bond acceptors (Lipinski definition) is 0. The third kappa shape index (κ3) is 8.48. The van der Waals surface area contributed by atoms with Crippen LogP contribution in [0.4, 0.5) is 0 Å². The van der Waals surface area contributed by atoms with Crippen molar-refractivity contribution in [2.24, 2.45) is 0 Å². The Morgan fingerprint density at radius 1 is 0.722 bits per heavy atom. The van der Waals surface area contributed by atoms with Gasteiger partial charge in [-0.2, -0.15) is 5.56 Å². The molecule has 3 heteroatoms. The molecule has 0 spiro atoms. The minimum absolute atomic E-state index is 0.877. The first-order valence-corrected chi connectivity index (χ1v) is 15.2. The topological polar surface area (TPSA) is 0 Å². The molecule has 184 valence electrons. The van der Waals surface area contributed by atoms with E-state index in [0.29, 0.717) is 0 Å². The van der Waals surface area contributed by atoms with E-state index in [2.05, 4.69) is 175 Å². The molecule has 0 aromatic heterocycles. The van der Waals surface area contributed by atoms with Crippen molar-refractivity contribution in [2.75, 3.05) is 0 Å². The number of benzene rings is 4. The Bertz CT molecular complexity index is 1190. The molecule has 0 unspecified atom stereocenters. The second-order valence-corrected chi connectivity index (χ2v) is 10.7. The maximum atomic E-state index is 4.49. The van der Waals surface area contributed by atoms with Crippen LogP contribution in [-0.2, 0) is 18.2 Å². The van der Waals surface area contributed by atoms with Crippen molar-refractivity contribution in [1.29, 1.82) is 0 Å². The summed E-state index contributed by atoms with van der Waals surface area (Å²) in [5.41, 5.74) is 4.64. The van der Waals surface area contributed by atoms with Gasteiger partial charge in [0.1, 0.15) is 15.9 Å². The number of aryl methyl sites for hydroxylation is 1. The molecule has 0 fully saturated rings. The van der Waals surface area contributed by atoms with Crippen molar-refractivity contribution in [1.82, 2.24) is 0 Å². The SMILES string of the molecule is CC(=[C-]c1ccc(C)cc1)c1[c-]cc[cH-]1.[Cl][Pd+].c1ccc([PH+](c2ccccc2)c2ccccc2)cc1. The molecule has 0 aliphatic rings. The third-order valence-corrected chi connectivity index (χ3v) is 8.30. The molecule has 0 heterocycles. The molecule has 0 aliphatic carbocycles. The molecule has 0 saturated carbocycles. The molecule has 0 nitrogen and oxygen atoms in total. The van der Waals surface area contributed by atoms with E-state index >= 15 is 0 Å². The van der Waals surface area contributed by atoms with Gasteiger partial charge in [0.25, 0.3) is 0 Å². The second-order valence-electron chi connectivity index (χ2n) is 8.17. The van der Waals surface area contributed by atoms with Gasteiger partial charge in [-0.05, 0) is 43.3 Å². The molecule has 0 radical (unpaired) electrons. The van der Waals surface area contributed by atoms with Gasteiger partial charge in [-0.1, -0.05) is 60.2 Å². The molecule has 0 aliphatic heterocycles. The number of halogens is 1. The number of rotatable bonds is 5. The predicted octanol–water partition coefficient (Wildman–Crippen LogP) is 7.63. The van der Waals surface area contributed by atoms with Gasteiger partial charge in [0.05, 0.1) is 7.92 Å². The Kier molecular flexibility index (Phi) is 12.0. The van der Waals surface area contributed by atoms with Gasteiger partial charge in [0, 0.05) is 0 Å².